The van der Waals surface area contributed by atoms with Gasteiger partial charge in [-0.1, -0.05) is 147 Å². The molecule has 0 heterocycles. The zero-order chi connectivity index (χ0) is 18.7. The van der Waals surface area contributed by atoms with Crippen molar-refractivity contribution < 1.29 is 0 Å². The van der Waals surface area contributed by atoms with E-state index in [0.717, 1.165) is 11.1 Å². The molecule has 1 rings (SSSR count). The number of hydrogen-bond donors (Lipinski definition) is 0. The first-order valence-electron chi connectivity index (χ1n) is 8.55. The Hall–Kier alpha value is -3.38. The summed E-state index contributed by atoms with van der Waals surface area (Å²) in [6.45, 7) is 7.50. The number of hydrogen-bond acceptors (Lipinski definition) is 0. The van der Waals surface area contributed by atoms with Gasteiger partial charge in [-0.25, -0.2) is 0 Å². The molecule has 0 saturated carbocycles. The van der Waals surface area contributed by atoms with Crippen molar-refractivity contribution in [2.75, 3.05) is 0 Å². The molecule has 0 N–H and O–H groups in total. The third-order valence-corrected chi connectivity index (χ3v) is 3.15. The predicted octanol–water partition coefficient (Wildman–Crippen LogP) is 7.23. The maximum atomic E-state index is 3.85. The van der Waals surface area contributed by atoms with Crippen LogP contribution in [0.2, 0.25) is 0 Å². The maximum Gasteiger partial charge on any atom is -0.0257 e. The van der Waals surface area contributed by atoms with Gasteiger partial charge in [0.15, 0.2) is 0 Å². The minimum atomic E-state index is 1.05. The van der Waals surface area contributed by atoms with Crippen LogP contribution in [0.1, 0.15) is 0 Å². The van der Waals surface area contributed by atoms with Crippen molar-refractivity contribution in [1.82, 2.24) is 0 Å². The average Bonchev–Trinajstić information content (AvgIpc) is 2.65. The molecule has 0 heteroatoms. The van der Waals surface area contributed by atoms with Gasteiger partial charge < -0.3 is 0 Å². The molecule has 0 spiro atoms. The summed E-state index contributed by atoms with van der Waals surface area (Å²) in [5.41, 5.74) is 2.15. The van der Waals surface area contributed by atoms with Crippen molar-refractivity contribution in [3.05, 3.63) is 158 Å². The van der Waals surface area contributed by atoms with Crippen LogP contribution in [0.5, 0.6) is 0 Å². The average molecular weight is 338 g/mol. The van der Waals surface area contributed by atoms with Gasteiger partial charge in [-0.05, 0) is 11.1 Å². The first-order chi connectivity index (χ1) is 12.9. The Labute approximate surface area is 158 Å². The van der Waals surface area contributed by atoms with Crippen LogP contribution in [0.4, 0.5) is 0 Å². The van der Waals surface area contributed by atoms with E-state index in [-0.39, 0.29) is 0 Å². The molecule has 0 aromatic rings. The highest BCUT2D eigenvalue weighted by molar-refractivity contribution is 5.40. The third kappa shape index (κ3) is 11.2. The predicted molar refractivity (Wildman–Crippen MR) is 119 cm³/mol. The molecule has 26 heavy (non-hydrogen) atoms. The van der Waals surface area contributed by atoms with E-state index in [9.17, 15) is 0 Å². The molecular formula is C26H26. The van der Waals surface area contributed by atoms with Crippen LogP contribution in [0.15, 0.2) is 158 Å². The van der Waals surface area contributed by atoms with E-state index in [0.29, 0.717) is 0 Å². The van der Waals surface area contributed by atoms with Gasteiger partial charge >= 0.3 is 0 Å². The summed E-state index contributed by atoms with van der Waals surface area (Å²) in [7, 11) is 0. The van der Waals surface area contributed by atoms with Gasteiger partial charge in [0.25, 0.3) is 0 Å². The Balaban J connectivity index is 3.02. The maximum absolute atomic E-state index is 3.85. The lowest BCUT2D eigenvalue weighted by Crippen LogP contribution is -1.72. The normalized spacial score (nSPS) is 27.2. The topological polar surface area (TPSA) is 0 Å². The second-order valence-electron chi connectivity index (χ2n) is 5.16. The molecular weight excluding hydrogens is 312 g/mol. The minimum absolute atomic E-state index is 1.05. The third-order valence-electron chi connectivity index (χ3n) is 3.15. The van der Waals surface area contributed by atoms with Gasteiger partial charge in [-0.15, -0.1) is 0 Å². The van der Waals surface area contributed by atoms with Crippen LogP contribution in [0.25, 0.3) is 0 Å². The van der Waals surface area contributed by atoms with Gasteiger partial charge in [0.1, 0.15) is 0 Å². The molecule has 0 saturated heterocycles. The lowest BCUT2D eigenvalue weighted by Gasteiger charge is -1.92. The first kappa shape index (κ1) is 20.7. The quantitative estimate of drug-likeness (QED) is 0.464. The van der Waals surface area contributed by atoms with Crippen molar-refractivity contribution in [2.24, 2.45) is 0 Å². The molecule has 0 aliphatic heterocycles. The van der Waals surface area contributed by atoms with Crippen LogP contribution in [0.3, 0.4) is 0 Å². The highest BCUT2D eigenvalue weighted by Crippen LogP contribution is 2.05. The van der Waals surface area contributed by atoms with Crippen molar-refractivity contribution in [3.63, 3.8) is 0 Å². The Morgan fingerprint density at radius 3 is 1.73 bits per heavy atom. The molecule has 0 atom stereocenters. The zero-order valence-corrected chi connectivity index (χ0v) is 15.1. The minimum Gasteiger partial charge on any atom is -0.0991 e. The second-order valence-corrected chi connectivity index (χ2v) is 5.16. The van der Waals surface area contributed by atoms with E-state index in [4.69, 9.17) is 0 Å². The van der Waals surface area contributed by atoms with E-state index in [1.165, 1.54) is 0 Å². The molecule has 0 fully saturated rings. The standard InChI is InChI=1S/C26H26/c1-3-5-6-7-13-17-21-26-22-18-15-12-10-8-9-11-14-16-20-25(4-2)23-19-24-26/h3-24H,1-2H2/b6-5+,9-8-,10-8?,11-9?,12-10+,13-7+,14-11+,15-12?,16-14?,18-15-,20-16+,21-17+,22-18?,23-19?,24-19+,25-20?,25-23+,26-22+,26-24?. The zero-order valence-electron chi connectivity index (χ0n) is 15.1. The molecule has 0 amide bonds. The lowest BCUT2D eigenvalue weighted by atomic mass is 10.1. The molecule has 0 bridgehead atoms. The summed E-state index contributed by atoms with van der Waals surface area (Å²) in [4.78, 5) is 0. The Bertz CT molecular complexity index is 761. The fraction of sp³-hybridized carbons (Fsp3) is 0. The van der Waals surface area contributed by atoms with E-state index in [1.807, 2.05) is 109 Å². The van der Waals surface area contributed by atoms with Crippen molar-refractivity contribution in [1.29, 1.82) is 0 Å². The smallest absolute Gasteiger partial charge is 0.0257 e. The van der Waals surface area contributed by atoms with Gasteiger partial charge in [0.05, 0.1) is 0 Å². The molecule has 0 nitrogen and oxygen atoms in total. The Morgan fingerprint density at radius 2 is 1.04 bits per heavy atom. The molecule has 0 aromatic carbocycles. The molecule has 0 radical (unpaired) electrons. The van der Waals surface area contributed by atoms with Crippen molar-refractivity contribution in [3.8, 4) is 0 Å². The van der Waals surface area contributed by atoms with E-state index in [2.05, 4.69) is 31.4 Å². The van der Waals surface area contributed by atoms with Gasteiger partial charge in [-0.2, -0.15) is 0 Å². The molecule has 1 aliphatic carbocycles. The Morgan fingerprint density at radius 1 is 0.500 bits per heavy atom. The molecule has 1 aliphatic rings. The highest BCUT2D eigenvalue weighted by Gasteiger charge is 1.84. The van der Waals surface area contributed by atoms with Crippen LogP contribution in [-0.2, 0) is 0 Å². The second kappa shape index (κ2) is 15.2. The number of allylic oxidation sites excluding steroid dienone is 24. The fourth-order valence-electron chi connectivity index (χ4n) is 1.85. The molecule has 0 unspecified atom stereocenters. The summed E-state index contributed by atoms with van der Waals surface area (Å²) in [5, 5.41) is 0. The van der Waals surface area contributed by atoms with E-state index in [1.54, 1.807) is 6.08 Å². The SMILES string of the molecule is C=C/C=C/C=C/C=C/C1=C\C=C/C=C/C=C\C=C\C=C\C(C=C)=C\C=C\1. The monoisotopic (exact) mass is 338 g/mol. The van der Waals surface area contributed by atoms with Crippen molar-refractivity contribution >= 4 is 0 Å². The van der Waals surface area contributed by atoms with E-state index >= 15 is 0 Å². The largest absolute Gasteiger partial charge is 0.0991 e. The summed E-state index contributed by atoms with van der Waals surface area (Å²) in [6, 6.07) is 0. The van der Waals surface area contributed by atoms with Crippen LogP contribution < -0.4 is 0 Å². The van der Waals surface area contributed by atoms with Crippen LogP contribution >= 0.6 is 0 Å². The van der Waals surface area contributed by atoms with Gasteiger partial charge in [0.2, 0.25) is 0 Å². The Kier molecular flexibility index (Phi) is 12.1. The lowest BCUT2D eigenvalue weighted by molar-refractivity contribution is 1.64. The fourth-order valence-corrected chi connectivity index (χ4v) is 1.85. The van der Waals surface area contributed by atoms with Crippen molar-refractivity contribution in [2.45, 2.75) is 0 Å². The number of rotatable bonds is 5. The van der Waals surface area contributed by atoms with E-state index < -0.39 is 0 Å². The molecule has 0 aromatic heterocycles. The highest BCUT2D eigenvalue weighted by atomic mass is 13.9. The van der Waals surface area contributed by atoms with Gasteiger partial charge in [-0.3, -0.25) is 0 Å². The van der Waals surface area contributed by atoms with Crippen LogP contribution in [0, 0.1) is 0 Å². The summed E-state index contributed by atoms with van der Waals surface area (Å²) in [6.07, 6.45) is 43.7. The summed E-state index contributed by atoms with van der Waals surface area (Å²) < 4.78 is 0. The van der Waals surface area contributed by atoms with Crippen LogP contribution in [-0.4, -0.2) is 0 Å². The summed E-state index contributed by atoms with van der Waals surface area (Å²) >= 11 is 0. The summed E-state index contributed by atoms with van der Waals surface area (Å²) in [5.74, 6) is 0. The molecule has 130 valence electrons. The van der Waals surface area contributed by atoms with Gasteiger partial charge in [0, 0.05) is 0 Å². The first-order valence-corrected chi connectivity index (χ1v) is 8.55.